The highest BCUT2D eigenvalue weighted by molar-refractivity contribution is 6.30. The zero-order valence-electron chi connectivity index (χ0n) is 14.0. The monoisotopic (exact) mass is 381 g/mol. The number of amides is 1. The van der Waals surface area contributed by atoms with Gasteiger partial charge in [-0.1, -0.05) is 48.7 Å². The van der Waals surface area contributed by atoms with Crippen LogP contribution in [0.1, 0.15) is 53.1 Å². The largest absolute Gasteiger partial charge is 0.417 e. The average molecular weight is 382 g/mol. The number of hydrogen-bond donors (Lipinski definition) is 1. The molecule has 3 rings (SSSR count). The Kier molecular flexibility index (Phi) is 5.56. The third kappa shape index (κ3) is 4.21. The topological polar surface area (TPSA) is 29.1 Å². The van der Waals surface area contributed by atoms with E-state index in [1.807, 2.05) is 12.1 Å². The van der Waals surface area contributed by atoms with E-state index in [1.165, 1.54) is 18.2 Å². The third-order valence-corrected chi connectivity index (χ3v) is 5.11. The van der Waals surface area contributed by atoms with Gasteiger partial charge in [0.05, 0.1) is 11.1 Å². The quantitative estimate of drug-likeness (QED) is 0.713. The lowest BCUT2D eigenvalue weighted by Gasteiger charge is -2.33. The Labute approximate surface area is 155 Å². The van der Waals surface area contributed by atoms with Crippen LogP contribution in [-0.2, 0) is 6.18 Å². The van der Waals surface area contributed by atoms with Gasteiger partial charge in [-0.3, -0.25) is 4.79 Å². The molecule has 2 aromatic rings. The fourth-order valence-electron chi connectivity index (χ4n) is 3.59. The van der Waals surface area contributed by atoms with Crippen LogP contribution in [0.2, 0.25) is 5.02 Å². The molecule has 0 saturated heterocycles. The lowest BCUT2D eigenvalue weighted by molar-refractivity contribution is -0.137. The smallest absolute Gasteiger partial charge is 0.349 e. The second-order valence-corrected chi connectivity index (χ2v) is 7.00. The zero-order valence-corrected chi connectivity index (χ0v) is 14.8. The maximum absolute atomic E-state index is 13.2. The Morgan fingerprint density at radius 2 is 1.65 bits per heavy atom. The van der Waals surface area contributed by atoms with Gasteiger partial charge in [0, 0.05) is 17.0 Å². The number of alkyl halides is 3. The van der Waals surface area contributed by atoms with Crippen molar-refractivity contribution in [2.24, 2.45) is 0 Å². The first-order valence-electron chi connectivity index (χ1n) is 8.59. The van der Waals surface area contributed by atoms with Crippen molar-refractivity contribution in [1.29, 1.82) is 0 Å². The molecule has 2 aromatic carbocycles. The Bertz CT molecular complexity index is 773. The highest BCUT2D eigenvalue weighted by Gasteiger charge is 2.36. The van der Waals surface area contributed by atoms with Crippen LogP contribution < -0.4 is 5.32 Å². The molecule has 1 fully saturated rings. The number of nitrogens with one attached hydrogen (secondary N) is 1. The predicted octanol–water partition coefficient (Wildman–Crippen LogP) is 5.82. The van der Waals surface area contributed by atoms with Gasteiger partial charge in [0.2, 0.25) is 0 Å². The highest BCUT2D eigenvalue weighted by atomic mass is 35.5. The first-order chi connectivity index (χ1) is 12.4. The summed E-state index contributed by atoms with van der Waals surface area (Å²) < 4.78 is 39.5. The van der Waals surface area contributed by atoms with Gasteiger partial charge >= 0.3 is 6.18 Å². The average Bonchev–Trinajstić information content (AvgIpc) is 2.62. The van der Waals surface area contributed by atoms with E-state index in [0.29, 0.717) is 5.02 Å². The third-order valence-electron chi connectivity index (χ3n) is 4.86. The molecule has 1 amide bonds. The van der Waals surface area contributed by atoms with Crippen LogP contribution in [0.25, 0.3) is 0 Å². The number of benzene rings is 2. The molecule has 1 aliphatic carbocycles. The van der Waals surface area contributed by atoms with Crippen molar-refractivity contribution in [3.8, 4) is 0 Å². The molecule has 138 valence electrons. The summed E-state index contributed by atoms with van der Waals surface area (Å²) in [7, 11) is 0. The van der Waals surface area contributed by atoms with Crippen molar-refractivity contribution >= 4 is 17.5 Å². The van der Waals surface area contributed by atoms with Crippen molar-refractivity contribution < 1.29 is 18.0 Å². The van der Waals surface area contributed by atoms with Crippen molar-refractivity contribution in [2.75, 3.05) is 0 Å². The molecule has 2 nitrogen and oxygen atoms in total. The van der Waals surface area contributed by atoms with Crippen LogP contribution in [0.15, 0.2) is 48.5 Å². The Morgan fingerprint density at radius 3 is 2.35 bits per heavy atom. The summed E-state index contributed by atoms with van der Waals surface area (Å²) in [6.45, 7) is 0. The van der Waals surface area contributed by atoms with E-state index in [1.54, 1.807) is 12.1 Å². The molecule has 0 spiro atoms. The van der Waals surface area contributed by atoms with Gasteiger partial charge in [-0.05, 0) is 42.7 Å². The minimum absolute atomic E-state index is 0.0722. The number of carbonyl (C=O) groups excluding carboxylic acids is 1. The van der Waals surface area contributed by atoms with Crippen LogP contribution in [0.4, 0.5) is 13.2 Å². The molecule has 6 heteroatoms. The molecule has 0 radical (unpaired) electrons. The molecule has 0 bridgehead atoms. The molecule has 2 atom stereocenters. The van der Waals surface area contributed by atoms with Crippen molar-refractivity contribution in [2.45, 2.75) is 43.8 Å². The molecular weight excluding hydrogens is 363 g/mol. The number of hydrogen-bond acceptors (Lipinski definition) is 1. The molecular formula is C20H19ClF3NO. The van der Waals surface area contributed by atoms with E-state index in [0.717, 1.165) is 37.3 Å². The van der Waals surface area contributed by atoms with Crippen LogP contribution in [0, 0.1) is 0 Å². The first-order valence-corrected chi connectivity index (χ1v) is 8.96. The molecule has 0 aliphatic heterocycles. The predicted molar refractivity (Wildman–Crippen MR) is 95.4 cm³/mol. The molecule has 0 unspecified atom stereocenters. The van der Waals surface area contributed by atoms with Gasteiger partial charge in [0.25, 0.3) is 5.91 Å². The summed E-state index contributed by atoms with van der Waals surface area (Å²) in [5.74, 6) is -0.605. The van der Waals surface area contributed by atoms with Crippen LogP contribution in [-0.4, -0.2) is 11.9 Å². The summed E-state index contributed by atoms with van der Waals surface area (Å²) in [5, 5.41) is 3.47. The summed E-state index contributed by atoms with van der Waals surface area (Å²) in [6.07, 6.45) is -0.967. The minimum Gasteiger partial charge on any atom is -0.349 e. The summed E-state index contributed by atoms with van der Waals surface area (Å²) >= 11 is 5.94. The minimum atomic E-state index is -4.56. The second-order valence-electron chi connectivity index (χ2n) is 6.57. The SMILES string of the molecule is O=C(N[C@H]1CCCC[C@@H]1c1ccc(Cl)cc1)c1ccccc1C(F)(F)F. The zero-order chi connectivity index (χ0) is 18.7. The molecule has 1 aliphatic rings. The Balaban J connectivity index is 1.82. The lowest BCUT2D eigenvalue weighted by Crippen LogP contribution is -2.41. The molecule has 0 aromatic heterocycles. The van der Waals surface area contributed by atoms with E-state index >= 15 is 0 Å². The van der Waals surface area contributed by atoms with Gasteiger partial charge < -0.3 is 5.32 Å². The highest BCUT2D eigenvalue weighted by Crippen LogP contribution is 2.35. The molecule has 1 saturated carbocycles. The van der Waals surface area contributed by atoms with Gasteiger partial charge in [-0.15, -0.1) is 0 Å². The number of rotatable bonds is 3. The number of carbonyl (C=O) groups is 1. The second kappa shape index (κ2) is 7.70. The van der Waals surface area contributed by atoms with Gasteiger partial charge in [0.15, 0.2) is 0 Å². The van der Waals surface area contributed by atoms with E-state index in [2.05, 4.69) is 5.32 Å². The number of halogens is 4. The molecule has 0 heterocycles. The maximum Gasteiger partial charge on any atom is 0.417 e. The van der Waals surface area contributed by atoms with Crippen LogP contribution in [0.3, 0.4) is 0 Å². The van der Waals surface area contributed by atoms with Crippen molar-refractivity contribution in [3.63, 3.8) is 0 Å². The summed E-state index contributed by atoms with van der Waals surface area (Å²) in [4.78, 5) is 12.6. The fraction of sp³-hybridized carbons (Fsp3) is 0.350. The Hall–Kier alpha value is -2.01. The van der Waals surface area contributed by atoms with Crippen molar-refractivity contribution in [1.82, 2.24) is 5.32 Å². The van der Waals surface area contributed by atoms with Gasteiger partial charge in [0.1, 0.15) is 0 Å². The summed E-state index contributed by atoms with van der Waals surface area (Å²) in [6, 6.07) is 12.1. The van der Waals surface area contributed by atoms with Crippen LogP contribution >= 0.6 is 11.6 Å². The normalized spacial score (nSPS) is 20.6. The standard InChI is InChI=1S/C20H19ClF3NO/c21-14-11-9-13(10-12-14)15-5-2-4-8-18(15)25-19(26)16-6-1-3-7-17(16)20(22,23)24/h1,3,6-7,9-12,15,18H,2,4-5,8H2,(H,25,26)/t15-,18+/m1/s1. The lowest BCUT2D eigenvalue weighted by atomic mass is 9.80. The molecule has 1 N–H and O–H groups in total. The summed E-state index contributed by atoms with van der Waals surface area (Å²) in [5.41, 5.74) is -0.194. The van der Waals surface area contributed by atoms with E-state index in [4.69, 9.17) is 11.6 Å². The van der Waals surface area contributed by atoms with E-state index in [-0.39, 0.29) is 17.5 Å². The van der Waals surface area contributed by atoms with Crippen molar-refractivity contribution in [3.05, 3.63) is 70.2 Å². The van der Waals surface area contributed by atoms with E-state index in [9.17, 15) is 18.0 Å². The van der Waals surface area contributed by atoms with Crippen LogP contribution in [0.5, 0.6) is 0 Å². The molecule has 26 heavy (non-hydrogen) atoms. The first kappa shape index (κ1) is 18.8. The van der Waals surface area contributed by atoms with Gasteiger partial charge in [-0.2, -0.15) is 13.2 Å². The van der Waals surface area contributed by atoms with E-state index < -0.39 is 17.6 Å². The fourth-order valence-corrected chi connectivity index (χ4v) is 3.71. The maximum atomic E-state index is 13.2. The Morgan fingerprint density at radius 1 is 1.00 bits per heavy atom. The van der Waals surface area contributed by atoms with Gasteiger partial charge in [-0.25, -0.2) is 0 Å².